The summed E-state index contributed by atoms with van der Waals surface area (Å²) in [5.41, 5.74) is 1.24. The summed E-state index contributed by atoms with van der Waals surface area (Å²) in [6.45, 7) is 0. The van der Waals surface area contributed by atoms with E-state index in [4.69, 9.17) is 11.6 Å². The molecule has 2 nitrogen and oxygen atoms in total. The average Bonchev–Trinajstić information content (AvgIpc) is 2.51. The first-order valence-electron chi connectivity index (χ1n) is 7.57. The monoisotopic (exact) mass is 301 g/mol. The molecule has 1 fully saturated rings. The fourth-order valence-electron chi connectivity index (χ4n) is 3.42. The van der Waals surface area contributed by atoms with E-state index in [2.05, 4.69) is 4.98 Å². The van der Waals surface area contributed by atoms with Crippen molar-refractivity contribution in [3.63, 3.8) is 0 Å². The molecule has 1 N–H and O–H groups in total. The van der Waals surface area contributed by atoms with Crippen molar-refractivity contribution < 1.29 is 5.11 Å². The summed E-state index contributed by atoms with van der Waals surface area (Å²) in [4.78, 5) is 4.40. The Bertz CT molecular complexity index is 601. The van der Waals surface area contributed by atoms with Crippen LogP contribution in [0.25, 0.3) is 0 Å². The molecule has 1 aromatic heterocycles. The fourth-order valence-corrected chi connectivity index (χ4v) is 3.60. The molecule has 2 atom stereocenters. The molecule has 3 heteroatoms. The predicted molar refractivity (Wildman–Crippen MR) is 85.2 cm³/mol. The number of benzene rings is 1. The minimum Gasteiger partial charge on any atom is -0.385 e. The van der Waals surface area contributed by atoms with E-state index in [0.29, 0.717) is 5.02 Å². The summed E-state index contributed by atoms with van der Waals surface area (Å²) in [6, 6.07) is 13.7. The molecule has 1 aromatic carbocycles. The van der Waals surface area contributed by atoms with Crippen molar-refractivity contribution in [3.05, 3.63) is 64.9 Å². The number of aliphatic hydroxyl groups is 1. The molecule has 0 bridgehead atoms. The summed E-state index contributed by atoms with van der Waals surface area (Å²) in [5, 5.41) is 12.0. The number of aromatic nitrogens is 1. The van der Waals surface area contributed by atoms with Gasteiger partial charge >= 0.3 is 0 Å². The van der Waals surface area contributed by atoms with Crippen LogP contribution in [0.15, 0.2) is 48.7 Å². The third kappa shape index (κ3) is 3.12. The largest absolute Gasteiger partial charge is 0.385 e. The maximum absolute atomic E-state index is 11.3. The Balaban J connectivity index is 1.88. The second-order valence-electron chi connectivity index (χ2n) is 5.90. The lowest BCUT2D eigenvalue weighted by Crippen LogP contribution is -2.39. The molecule has 0 radical (unpaired) electrons. The van der Waals surface area contributed by atoms with Crippen LogP contribution in [-0.2, 0) is 12.0 Å². The summed E-state index contributed by atoms with van der Waals surface area (Å²) in [5.74, 6) is 0.194. The van der Waals surface area contributed by atoms with Crippen molar-refractivity contribution >= 4 is 11.6 Å². The van der Waals surface area contributed by atoms with Gasteiger partial charge in [0.2, 0.25) is 0 Å². The van der Waals surface area contributed by atoms with Gasteiger partial charge in [0, 0.05) is 16.9 Å². The van der Waals surface area contributed by atoms with Crippen LogP contribution in [0.3, 0.4) is 0 Å². The Morgan fingerprint density at radius 3 is 2.76 bits per heavy atom. The summed E-state index contributed by atoms with van der Waals surface area (Å²) >= 11 is 6.05. The zero-order valence-electron chi connectivity index (χ0n) is 12.0. The summed E-state index contributed by atoms with van der Waals surface area (Å²) in [6.07, 6.45) is 6.60. The van der Waals surface area contributed by atoms with Crippen molar-refractivity contribution in [2.75, 3.05) is 0 Å². The van der Waals surface area contributed by atoms with E-state index in [1.165, 1.54) is 6.42 Å². The normalized spacial score (nSPS) is 25.7. The zero-order chi connectivity index (χ0) is 14.7. The lowest BCUT2D eigenvalue weighted by Gasteiger charge is -2.40. The van der Waals surface area contributed by atoms with Gasteiger partial charge in [0.25, 0.3) is 0 Å². The highest BCUT2D eigenvalue weighted by atomic mass is 35.5. The molecule has 0 saturated heterocycles. The molecular formula is C18H20ClNO. The molecule has 110 valence electrons. The molecule has 0 spiro atoms. The zero-order valence-corrected chi connectivity index (χ0v) is 12.8. The minimum absolute atomic E-state index is 0.194. The maximum Gasteiger partial charge on any atom is 0.0928 e. The minimum atomic E-state index is -0.747. The smallest absolute Gasteiger partial charge is 0.0928 e. The van der Waals surface area contributed by atoms with Crippen LogP contribution in [0.5, 0.6) is 0 Å². The molecule has 1 saturated carbocycles. The van der Waals surface area contributed by atoms with Crippen LogP contribution in [0.2, 0.25) is 5.02 Å². The van der Waals surface area contributed by atoms with E-state index >= 15 is 0 Å². The van der Waals surface area contributed by atoms with E-state index in [1.54, 1.807) is 12.3 Å². The van der Waals surface area contributed by atoms with Gasteiger partial charge in [-0.2, -0.15) is 0 Å². The Hall–Kier alpha value is -1.38. The van der Waals surface area contributed by atoms with Gasteiger partial charge in [0.1, 0.15) is 0 Å². The van der Waals surface area contributed by atoms with Crippen LogP contribution in [0.4, 0.5) is 0 Å². The molecule has 1 heterocycles. The third-order valence-corrected chi connectivity index (χ3v) is 4.78. The molecule has 1 aliphatic rings. The second-order valence-corrected chi connectivity index (χ2v) is 6.34. The average molecular weight is 302 g/mol. The van der Waals surface area contributed by atoms with Gasteiger partial charge < -0.3 is 5.11 Å². The molecule has 21 heavy (non-hydrogen) atoms. The summed E-state index contributed by atoms with van der Waals surface area (Å²) < 4.78 is 0. The Labute approximate surface area is 130 Å². The third-order valence-electron chi connectivity index (χ3n) is 4.54. The van der Waals surface area contributed by atoms with E-state index in [-0.39, 0.29) is 5.92 Å². The topological polar surface area (TPSA) is 33.1 Å². The highest BCUT2D eigenvalue weighted by Crippen LogP contribution is 2.43. The van der Waals surface area contributed by atoms with E-state index in [1.807, 2.05) is 36.4 Å². The van der Waals surface area contributed by atoms with Crippen LogP contribution < -0.4 is 0 Å². The molecule has 0 amide bonds. The Morgan fingerprint density at radius 1 is 1.19 bits per heavy atom. The lowest BCUT2D eigenvalue weighted by atomic mass is 9.70. The van der Waals surface area contributed by atoms with Crippen molar-refractivity contribution in [1.29, 1.82) is 0 Å². The van der Waals surface area contributed by atoms with Crippen LogP contribution in [0.1, 0.15) is 36.9 Å². The van der Waals surface area contributed by atoms with E-state index < -0.39 is 5.60 Å². The van der Waals surface area contributed by atoms with E-state index in [9.17, 15) is 5.11 Å². The first-order valence-corrected chi connectivity index (χ1v) is 7.94. The van der Waals surface area contributed by atoms with Gasteiger partial charge in [-0.1, -0.05) is 54.8 Å². The van der Waals surface area contributed by atoms with Crippen molar-refractivity contribution in [2.45, 2.75) is 37.7 Å². The molecular weight excluding hydrogens is 282 g/mol. The van der Waals surface area contributed by atoms with Gasteiger partial charge in [-0.3, -0.25) is 4.98 Å². The lowest BCUT2D eigenvalue weighted by molar-refractivity contribution is -0.0545. The fraction of sp³-hybridized carbons (Fsp3) is 0.389. The van der Waals surface area contributed by atoms with Crippen LogP contribution in [0, 0.1) is 5.92 Å². The predicted octanol–water partition coefficient (Wildman–Crippen LogP) is 4.36. The Kier molecular flexibility index (Phi) is 4.27. The van der Waals surface area contributed by atoms with Crippen molar-refractivity contribution in [3.8, 4) is 0 Å². The molecule has 2 aromatic rings. The van der Waals surface area contributed by atoms with Gasteiger partial charge in [-0.05, 0) is 42.9 Å². The van der Waals surface area contributed by atoms with Gasteiger partial charge in [-0.25, -0.2) is 0 Å². The number of pyridine rings is 1. The molecule has 1 aliphatic carbocycles. The van der Waals surface area contributed by atoms with Crippen LogP contribution >= 0.6 is 11.6 Å². The van der Waals surface area contributed by atoms with Gasteiger partial charge in [0.15, 0.2) is 0 Å². The quantitative estimate of drug-likeness (QED) is 0.914. The maximum atomic E-state index is 11.3. The van der Waals surface area contributed by atoms with Crippen molar-refractivity contribution in [2.24, 2.45) is 5.92 Å². The van der Waals surface area contributed by atoms with Crippen molar-refractivity contribution in [1.82, 2.24) is 4.98 Å². The standard InChI is InChI=1S/C18H20ClNO/c19-16-9-11-20-17(13-16)12-15-8-4-5-10-18(15,21)14-6-2-1-3-7-14/h1-3,6-7,9,11,13,15,21H,4-5,8,10,12H2/t15-,18+/m1/s1. The van der Waals surface area contributed by atoms with E-state index in [0.717, 1.165) is 36.9 Å². The molecule has 0 unspecified atom stereocenters. The number of hydrogen-bond acceptors (Lipinski definition) is 2. The van der Waals surface area contributed by atoms with Crippen LogP contribution in [-0.4, -0.2) is 10.1 Å². The highest BCUT2D eigenvalue weighted by Gasteiger charge is 2.40. The van der Waals surface area contributed by atoms with Gasteiger partial charge in [0.05, 0.1) is 5.60 Å². The second kappa shape index (κ2) is 6.17. The first kappa shape index (κ1) is 14.6. The number of rotatable bonds is 3. The molecule has 3 rings (SSSR count). The summed E-state index contributed by atoms with van der Waals surface area (Å²) in [7, 11) is 0. The Morgan fingerprint density at radius 2 is 2.00 bits per heavy atom. The highest BCUT2D eigenvalue weighted by molar-refractivity contribution is 6.30. The molecule has 0 aliphatic heterocycles. The SMILES string of the molecule is O[C@]1(c2ccccc2)CCCC[C@@H]1Cc1cc(Cl)ccn1. The first-order chi connectivity index (χ1) is 10.2. The van der Waals surface area contributed by atoms with Gasteiger partial charge in [-0.15, -0.1) is 0 Å². The number of halogens is 1. The number of hydrogen-bond donors (Lipinski definition) is 1. The number of nitrogens with zero attached hydrogens (tertiary/aromatic N) is 1.